The Hall–Kier alpha value is -3.88. The van der Waals surface area contributed by atoms with Gasteiger partial charge in [0, 0.05) is 23.2 Å². The highest BCUT2D eigenvalue weighted by Gasteiger charge is 2.17. The molecule has 0 saturated heterocycles. The summed E-state index contributed by atoms with van der Waals surface area (Å²) in [7, 11) is 0. The van der Waals surface area contributed by atoms with Crippen molar-refractivity contribution in [3.05, 3.63) is 53.6 Å². The maximum atomic E-state index is 12.2. The molecule has 0 aliphatic carbocycles. The molecule has 162 valence electrons. The van der Waals surface area contributed by atoms with Crippen LogP contribution in [0.5, 0.6) is 11.5 Å². The highest BCUT2D eigenvalue weighted by Crippen LogP contribution is 2.32. The van der Waals surface area contributed by atoms with E-state index in [-0.39, 0.29) is 19.2 Å². The van der Waals surface area contributed by atoms with E-state index in [1.54, 1.807) is 36.4 Å². The Morgan fingerprint density at radius 3 is 2.42 bits per heavy atom. The van der Waals surface area contributed by atoms with E-state index < -0.39 is 24.3 Å². The van der Waals surface area contributed by atoms with Crippen molar-refractivity contribution < 1.29 is 33.4 Å². The number of esters is 1. The molecular weight excluding hydrogens is 404 g/mol. The molecule has 2 aromatic rings. The summed E-state index contributed by atoms with van der Waals surface area (Å²) < 4.78 is 15.3. The molecular formula is C22H22N2O7. The first-order valence-corrected chi connectivity index (χ1v) is 9.73. The zero-order valence-corrected chi connectivity index (χ0v) is 16.9. The van der Waals surface area contributed by atoms with Crippen LogP contribution in [0, 0.1) is 0 Å². The van der Waals surface area contributed by atoms with E-state index in [4.69, 9.17) is 14.2 Å². The van der Waals surface area contributed by atoms with Crippen LogP contribution in [0.25, 0.3) is 0 Å². The number of Topliss-reactive ketones (excluding diaryl/α,β-unsaturated/α-hetero) is 1. The van der Waals surface area contributed by atoms with Gasteiger partial charge in [0.05, 0.1) is 0 Å². The smallest absolute Gasteiger partial charge is 0.325 e. The van der Waals surface area contributed by atoms with Gasteiger partial charge >= 0.3 is 5.97 Å². The molecule has 2 N–H and O–H groups in total. The van der Waals surface area contributed by atoms with Gasteiger partial charge in [-0.2, -0.15) is 0 Å². The number of ether oxygens (including phenoxy) is 3. The van der Waals surface area contributed by atoms with Gasteiger partial charge in [-0.1, -0.05) is 6.92 Å². The topological polar surface area (TPSA) is 120 Å². The molecule has 0 aromatic heterocycles. The summed E-state index contributed by atoms with van der Waals surface area (Å²) in [4.78, 5) is 47.8. The molecule has 0 bridgehead atoms. The van der Waals surface area contributed by atoms with E-state index in [1.165, 1.54) is 6.07 Å². The number of fused-ring (bicyclic) bond motifs is 1. The Bertz CT molecular complexity index is 986. The van der Waals surface area contributed by atoms with Crippen molar-refractivity contribution in [2.75, 3.05) is 25.3 Å². The van der Waals surface area contributed by atoms with Gasteiger partial charge < -0.3 is 24.8 Å². The van der Waals surface area contributed by atoms with Crippen LogP contribution in [0.1, 0.15) is 40.5 Å². The summed E-state index contributed by atoms with van der Waals surface area (Å²) in [6.45, 7) is 1.16. The van der Waals surface area contributed by atoms with Crippen LogP contribution in [-0.4, -0.2) is 43.5 Å². The Kier molecular flexibility index (Phi) is 7.21. The zero-order chi connectivity index (χ0) is 22.2. The van der Waals surface area contributed by atoms with Gasteiger partial charge in [-0.3, -0.25) is 19.2 Å². The minimum atomic E-state index is -0.745. The Balaban J connectivity index is 1.42. The summed E-state index contributed by atoms with van der Waals surface area (Å²) in [6.07, 6.45) is 1.16. The zero-order valence-electron chi connectivity index (χ0n) is 16.9. The van der Waals surface area contributed by atoms with Crippen LogP contribution >= 0.6 is 0 Å². The minimum absolute atomic E-state index is 0.0942. The highest BCUT2D eigenvalue weighted by molar-refractivity contribution is 5.99. The molecule has 1 aliphatic heterocycles. The highest BCUT2D eigenvalue weighted by atomic mass is 16.7. The normalized spacial score (nSPS) is 11.5. The summed E-state index contributed by atoms with van der Waals surface area (Å²) >= 11 is 0. The lowest BCUT2D eigenvalue weighted by Gasteiger charge is -2.08. The van der Waals surface area contributed by atoms with E-state index in [0.29, 0.717) is 34.7 Å². The van der Waals surface area contributed by atoms with E-state index in [1.807, 2.05) is 6.92 Å². The molecule has 9 nitrogen and oxygen atoms in total. The first kappa shape index (κ1) is 21.8. The van der Waals surface area contributed by atoms with Crippen LogP contribution < -0.4 is 20.1 Å². The van der Waals surface area contributed by atoms with Crippen LogP contribution in [0.2, 0.25) is 0 Å². The number of ketones is 1. The lowest BCUT2D eigenvalue weighted by Crippen LogP contribution is -2.31. The first-order chi connectivity index (χ1) is 15.0. The lowest BCUT2D eigenvalue weighted by molar-refractivity contribution is -0.141. The fourth-order valence-electron chi connectivity index (χ4n) is 2.76. The van der Waals surface area contributed by atoms with Crippen LogP contribution in [0.3, 0.4) is 0 Å². The Morgan fingerprint density at radius 2 is 1.68 bits per heavy atom. The third-order valence-electron chi connectivity index (χ3n) is 4.36. The van der Waals surface area contributed by atoms with Gasteiger partial charge in [-0.05, 0) is 48.9 Å². The third-order valence-corrected chi connectivity index (χ3v) is 4.36. The van der Waals surface area contributed by atoms with Gasteiger partial charge in [-0.25, -0.2) is 0 Å². The predicted molar refractivity (Wildman–Crippen MR) is 110 cm³/mol. The molecule has 1 heterocycles. The monoisotopic (exact) mass is 426 g/mol. The van der Waals surface area contributed by atoms with E-state index in [9.17, 15) is 19.2 Å². The summed E-state index contributed by atoms with van der Waals surface area (Å²) in [5.74, 6) is -0.726. The average molecular weight is 426 g/mol. The second kappa shape index (κ2) is 10.2. The molecule has 1 aliphatic rings. The van der Waals surface area contributed by atoms with E-state index in [0.717, 1.165) is 6.42 Å². The van der Waals surface area contributed by atoms with Crippen molar-refractivity contribution in [2.45, 2.75) is 19.8 Å². The number of carbonyl (C=O) groups is 4. The number of hydrogen-bond donors (Lipinski definition) is 2. The number of rotatable bonds is 9. The number of amides is 2. The summed E-state index contributed by atoms with van der Waals surface area (Å²) in [5, 5.41) is 5.15. The van der Waals surface area contributed by atoms with Crippen LogP contribution in [-0.2, 0) is 14.3 Å². The number of benzene rings is 2. The standard InChI is InChI=1S/C22H22N2O7/c1-2-3-20(26)24-16-7-4-14(5-8-16)17(25)12-29-21(27)11-23-22(28)15-6-9-18-19(10-15)31-13-30-18/h4-10H,2-3,11-13H2,1H3,(H,23,28)(H,24,26). The molecule has 3 rings (SSSR count). The SMILES string of the molecule is CCCC(=O)Nc1ccc(C(=O)COC(=O)CNC(=O)c2ccc3c(c2)OCO3)cc1. The van der Waals surface area contributed by atoms with Crippen LogP contribution in [0.4, 0.5) is 5.69 Å². The van der Waals surface area contributed by atoms with Gasteiger partial charge in [-0.15, -0.1) is 0 Å². The van der Waals surface area contributed by atoms with Gasteiger partial charge in [0.2, 0.25) is 12.7 Å². The molecule has 0 atom stereocenters. The maximum absolute atomic E-state index is 12.2. The van der Waals surface area contributed by atoms with E-state index >= 15 is 0 Å². The van der Waals surface area contributed by atoms with Gasteiger partial charge in [0.25, 0.3) is 5.91 Å². The lowest BCUT2D eigenvalue weighted by atomic mass is 10.1. The molecule has 0 saturated carbocycles. The Morgan fingerprint density at radius 1 is 0.968 bits per heavy atom. The molecule has 0 unspecified atom stereocenters. The third kappa shape index (κ3) is 6.05. The molecule has 0 radical (unpaired) electrons. The quantitative estimate of drug-likeness (QED) is 0.466. The van der Waals surface area contributed by atoms with Gasteiger partial charge in [0.15, 0.2) is 23.9 Å². The fourth-order valence-corrected chi connectivity index (χ4v) is 2.76. The predicted octanol–water partition coefficient (Wildman–Crippen LogP) is 2.31. The van der Waals surface area contributed by atoms with Crippen LogP contribution in [0.15, 0.2) is 42.5 Å². The number of nitrogens with one attached hydrogen (secondary N) is 2. The van der Waals surface area contributed by atoms with Crippen molar-refractivity contribution in [3.8, 4) is 11.5 Å². The molecule has 2 amide bonds. The fraction of sp³-hybridized carbons (Fsp3) is 0.273. The molecule has 9 heteroatoms. The minimum Gasteiger partial charge on any atom is -0.456 e. The number of hydrogen-bond acceptors (Lipinski definition) is 7. The van der Waals surface area contributed by atoms with Gasteiger partial charge in [0.1, 0.15) is 6.54 Å². The molecule has 0 fully saturated rings. The second-order valence-electron chi connectivity index (χ2n) is 6.71. The van der Waals surface area contributed by atoms with Crippen molar-refractivity contribution >= 4 is 29.3 Å². The summed E-state index contributed by atoms with van der Waals surface area (Å²) in [6, 6.07) is 11.0. The molecule has 0 spiro atoms. The maximum Gasteiger partial charge on any atom is 0.325 e. The molecule has 2 aromatic carbocycles. The largest absolute Gasteiger partial charge is 0.456 e. The number of anilines is 1. The number of carbonyl (C=O) groups excluding carboxylic acids is 4. The second-order valence-corrected chi connectivity index (χ2v) is 6.71. The molecule has 31 heavy (non-hydrogen) atoms. The van der Waals surface area contributed by atoms with Crippen molar-refractivity contribution in [1.82, 2.24) is 5.32 Å². The van der Waals surface area contributed by atoms with E-state index in [2.05, 4.69) is 10.6 Å². The Labute approximate surface area is 178 Å². The average Bonchev–Trinajstić information content (AvgIpc) is 3.24. The van der Waals surface area contributed by atoms with Crippen molar-refractivity contribution in [3.63, 3.8) is 0 Å². The van der Waals surface area contributed by atoms with Crippen molar-refractivity contribution in [2.24, 2.45) is 0 Å². The first-order valence-electron chi connectivity index (χ1n) is 9.73. The summed E-state index contributed by atoms with van der Waals surface area (Å²) in [5.41, 5.74) is 1.23. The van der Waals surface area contributed by atoms with Crippen molar-refractivity contribution in [1.29, 1.82) is 0 Å².